The van der Waals surface area contributed by atoms with Crippen molar-refractivity contribution in [3.63, 3.8) is 0 Å². The number of ether oxygens (including phenoxy) is 2. The monoisotopic (exact) mass is 678 g/mol. The SMILES string of the molecule is CNC(=O)c1cc(Oc2ccc3sc(S(C)=O)nc3c2)ccn1.CNC(=O)c1cc(Oc2ccc3sc(SC)nc3c2)ccn1. The lowest BCUT2D eigenvalue weighted by Gasteiger charge is -2.06. The molecule has 2 amide bonds. The first-order valence-corrected chi connectivity index (χ1v) is 17.6. The molecule has 0 saturated carbocycles. The second-order valence-electron chi connectivity index (χ2n) is 8.99. The Hall–Kier alpha value is -4.44. The predicted octanol–water partition coefficient (Wildman–Crippen LogP) is 6.15. The number of hydrogen-bond donors (Lipinski definition) is 2. The largest absolute Gasteiger partial charge is 0.457 e. The van der Waals surface area contributed by atoms with Crippen molar-refractivity contribution in [2.24, 2.45) is 0 Å². The number of thioether (sulfide) groups is 1. The number of nitrogens with one attached hydrogen (secondary N) is 2. The summed E-state index contributed by atoms with van der Waals surface area (Å²) in [6, 6.07) is 17.8. The van der Waals surface area contributed by atoms with E-state index in [1.807, 2.05) is 36.6 Å². The van der Waals surface area contributed by atoms with Crippen LogP contribution in [0.1, 0.15) is 21.0 Å². The molecular weight excluding hydrogens is 653 g/mol. The van der Waals surface area contributed by atoms with Crippen molar-refractivity contribution < 1.29 is 23.3 Å². The second-order valence-corrected chi connectivity index (χ2v) is 13.7. The normalized spacial score (nSPS) is 11.4. The van der Waals surface area contributed by atoms with E-state index in [9.17, 15) is 13.8 Å². The molecule has 4 aromatic heterocycles. The maximum atomic E-state index is 11.6. The first kappa shape index (κ1) is 32.0. The Morgan fingerprint density at radius 2 is 1.22 bits per heavy atom. The van der Waals surface area contributed by atoms with Crippen molar-refractivity contribution >= 4 is 77.5 Å². The van der Waals surface area contributed by atoms with Gasteiger partial charge in [0, 0.05) is 57.0 Å². The summed E-state index contributed by atoms with van der Waals surface area (Å²) in [4.78, 5) is 40.0. The Bertz CT molecular complexity index is 2030. The van der Waals surface area contributed by atoms with Gasteiger partial charge >= 0.3 is 0 Å². The van der Waals surface area contributed by atoms with Crippen LogP contribution in [0.25, 0.3) is 20.4 Å². The highest BCUT2D eigenvalue weighted by Gasteiger charge is 2.11. The van der Waals surface area contributed by atoms with E-state index in [1.165, 1.54) is 17.5 Å². The first-order valence-electron chi connectivity index (χ1n) is 13.2. The van der Waals surface area contributed by atoms with Crippen LogP contribution >= 0.6 is 34.4 Å². The van der Waals surface area contributed by atoms with Crippen molar-refractivity contribution in [2.45, 2.75) is 8.68 Å². The third kappa shape index (κ3) is 7.99. The molecule has 1 atom stereocenters. The van der Waals surface area contributed by atoms with E-state index in [4.69, 9.17) is 9.47 Å². The molecule has 0 bridgehead atoms. The summed E-state index contributed by atoms with van der Waals surface area (Å²) >= 11 is 4.68. The maximum absolute atomic E-state index is 11.6. The number of carbonyl (C=O) groups is 2. The molecule has 0 aliphatic rings. The van der Waals surface area contributed by atoms with Gasteiger partial charge < -0.3 is 20.1 Å². The lowest BCUT2D eigenvalue weighted by molar-refractivity contribution is 0.0950. The van der Waals surface area contributed by atoms with E-state index >= 15 is 0 Å². The van der Waals surface area contributed by atoms with E-state index in [0.29, 0.717) is 33.0 Å². The van der Waals surface area contributed by atoms with Crippen LogP contribution in [-0.2, 0) is 10.8 Å². The van der Waals surface area contributed by atoms with Crippen LogP contribution in [0.15, 0.2) is 81.7 Å². The van der Waals surface area contributed by atoms with Gasteiger partial charge in [-0.1, -0.05) is 11.8 Å². The van der Waals surface area contributed by atoms with Crippen LogP contribution in [-0.4, -0.2) is 62.6 Å². The van der Waals surface area contributed by atoms with Gasteiger partial charge in [0.05, 0.1) is 31.2 Å². The minimum Gasteiger partial charge on any atom is -0.457 e. The zero-order chi connectivity index (χ0) is 31.9. The minimum atomic E-state index is -1.10. The summed E-state index contributed by atoms with van der Waals surface area (Å²) in [5.41, 5.74) is 2.24. The van der Waals surface area contributed by atoms with Gasteiger partial charge in [-0.05, 0) is 42.7 Å². The number of carbonyl (C=O) groups excluding carboxylic acids is 2. The zero-order valence-corrected chi connectivity index (χ0v) is 27.7. The molecule has 4 heterocycles. The highest BCUT2D eigenvalue weighted by molar-refractivity contribution is 8.00. The van der Waals surface area contributed by atoms with Crippen molar-refractivity contribution in [3.8, 4) is 23.0 Å². The predicted molar refractivity (Wildman–Crippen MR) is 179 cm³/mol. The fourth-order valence-electron chi connectivity index (χ4n) is 3.84. The van der Waals surface area contributed by atoms with Crippen LogP contribution in [0.2, 0.25) is 0 Å². The Morgan fingerprint density at radius 1 is 0.733 bits per heavy atom. The average Bonchev–Trinajstić information content (AvgIpc) is 3.68. The number of pyridine rings is 2. The third-order valence-electron chi connectivity index (χ3n) is 5.95. The molecule has 2 N–H and O–H groups in total. The summed E-state index contributed by atoms with van der Waals surface area (Å²) in [5.74, 6) is 1.82. The molecule has 0 radical (unpaired) electrons. The fraction of sp³-hybridized carbons (Fsp3) is 0.133. The second kappa shape index (κ2) is 14.6. The lowest BCUT2D eigenvalue weighted by atomic mass is 10.3. The number of hydrogen-bond acceptors (Lipinski definition) is 12. The Morgan fingerprint density at radius 3 is 1.71 bits per heavy atom. The van der Waals surface area contributed by atoms with Crippen LogP contribution in [0, 0.1) is 0 Å². The highest BCUT2D eigenvalue weighted by Crippen LogP contribution is 2.32. The molecule has 15 heteroatoms. The lowest BCUT2D eigenvalue weighted by Crippen LogP contribution is -2.18. The van der Waals surface area contributed by atoms with E-state index < -0.39 is 10.8 Å². The van der Waals surface area contributed by atoms with Gasteiger partial charge in [-0.3, -0.25) is 23.8 Å². The molecule has 45 heavy (non-hydrogen) atoms. The Kier molecular flexibility index (Phi) is 10.3. The van der Waals surface area contributed by atoms with Crippen molar-refractivity contribution in [3.05, 3.63) is 84.4 Å². The van der Waals surface area contributed by atoms with Crippen LogP contribution in [0.5, 0.6) is 23.0 Å². The highest BCUT2D eigenvalue weighted by atomic mass is 32.2. The fourth-order valence-corrected chi connectivity index (χ4v) is 6.95. The molecule has 230 valence electrons. The summed E-state index contributed by atoms with van der Waals surface area (Å²) < 4.78 is 26.7. The van der Waals surface area contributed by atoms with Crippen molar-refractivity contribution in [1.82, 2.24) is 30.6 Å². The summed E-state index contributed by atoms with van der Waals surface area (Å²) in [5, 5.41) is 5.05. The molecule has 0 fully saturated rings. The standard InChI is InChI=1S/C15H13N3O3S2.C15H13N3O2S2/c1-16-14(19)12-8-10(5-6-17-12)21-9-3-4-13-11(7-9)18-15(22-13)23(2)20;1-16-14(19)12-8-10(5-6-17-12)20-9-3-4-13-11(7-9)18-15(21-2)22-13/h3-8H,1-2H3,(H,16,19);3-8H,1-2H3,(H,16,19). The molecule has 0 saturated heterocycles. The summed E-state index contributed by atoms with van der Waals surface area (Å²) in [6.45, 7) is 0. The molecule has 1 unspecified atom stereocenters. The molecule has 0 aliphatic heterocycles. The van der Waals surface area contributed by atoms with Gasteiger partial charge in [-0.15, -0.1) is 22.7 Å². The number of rotatable bonds is 8. The van der Waals surface area contributed by atoms with Gasteiger partial charge in [0.1, 0.15) is 34.4 Å². The van der Waals surface area contributed by atoms with E-state index in [0.717, 1.165) is 24.8 Å². The number of amides is 2. The van der Waals surface area contributed by atoms with Gasteiger partial charge in [-0.25, -0.2) is 9.97 Å². The van der Waals surface area contributed by atoms with Gasteiger partial charge in [0.25, 0.3) is 11.8 Å². The third-order valence-corrected chi connectivity index (χ3v) is 10.3. The Labute approximate surface area is 272 Å². The number of nitrogens with zero attached hydrogens (tertiary/aromatic N) is 4. The first-order chi connectivity index (χ1) is 21.8. The summed E-state index contributed by atoms with van der Waals surface area (Å²) in [7, 11) is 2.01. The smallest absolute Gasteiger partial charge is 0.269 e. The Balaban J connectivity index is 0.000000178. The topological polar surface area (TPSA) is 145 Å². The zero-order valence-electron chi connectivity index (χ0n) is 24.4. The van der Waals surface area contributed by atoms with E-state index in [-0.39, 0.29) is 17.5 Å². The number of benzene rings is 2. The molecule has 6 rings (SSSR count). The molecule has 11 nitrogen and oxygen atoms in total. The molecule has 6 aromatic rings. The van der Waals surface area contributed by atoms with Gasteiger partial charge in [0.2, 0.25) is 0 Å². The van der Waals surface area contributed by atoms with Crippen LogP contribution in [0.4, 0.5) is 0 Å². The van der Waals surface area contributed by atoms with Gasteiger partial charge in [-0.2, -0.15) is 0 Å². The molecule has 2 aromatic carbocycles. The number of thiazole rings is 2. The molecule has 0 aliphatic carbocycles. The molecule has 0 spiro atoms. The number of aromatic nitrogens is 4. The number of fused-ring (bicyclic) bond motifs is 2. The maximum Gasteiger partial charge on any atom is 0.269 e. The van der Waals surface area contributed by atoms with Crippen molar-refractivity contribution in [2.75, 3.05) is 26.6 Å². The molecular formula is C30H26N6O5S4. The average molecular weight is 679 g/mol. The van der Waals surface area contributed by atoms with Crippen molar-refractivity contribution in [1.29, 1.82) is 0 Å². The van der Waals surface area contributed by atoms with Gasteiger partial charge in [0.15, 0.2) is 8.68 Å². The van der Waals surface area contributed by atoms with E-state index in [1.54, 1.807) is 80.0 Å². The van der Waals surface area contributed by atoms with Crippen LogP contribution < -0.4 is 20.1 Å². The van der Waals surface area contributed by atoms with Crippen LogP contribution in [0.3, 0.4) is 0 Å². The summed E-state index contributed by atoms with van der Waals surface area (Å²) in [6.07, 6.45) is 6.67. The van der Waals surface area contributed by atoms with E-state index in [2.05, 4.69) is 30.6 Å². The minimum absolute atomic E-state index is 0.245. The quantitative estimate of drug-likeness (QED) is 0.180.